The molecule has 21 heavy (non-hydrogen) atoms. The fourth-order valence-electron chi connectivity index (χ4n) is 1.41. The summed E-state index contributed by atoms with van der Waals surface area (Å²) in [6.07, 6.45) is -1.82. The number of hydrogen-bond acceptors (Lipinski definition) is 4. The second kappa shape index (κ2) is 6.22. The molecule has 0 bridgehead atoms. The van der Waals surface area contributed by atoms with Gasteiger partial charge in [-0.1, -0.05) is 6.07 Å². The lowest BCUT2D eigenvalue weighted by molar-refractivity contribution is -0.192. The number of carbonyl (C=O) groups is 1. The van der Waals surface area contributed by atoms with Crippen LogP contribution in [0.5, 0.6) is 0 Å². The number of fused-ring (bicyclic) bond motifs is 1. The minimum atomic E-state index is -5.08. The van der Waals surface area contributed by atoms with Crippen LogP contribution in [0.3, 0.4) is 0 Å². The fourth-order valence-corrected chi connectivity index (χ4v) is 2.54. The molecule has 0 unspecified atom stereocenters. The molecule has 2 rings (SSSR count). The average Bonchev–Trinajstić information content (AvgIpc) is 2.36. The SMILES string of the molecule is CP(C)(=O)c1cccc2nccnc12.O=C(O)C(F)(F)F. The Morgan fingerprint density at radius 2 is 1.71 bits per heavy atom. The van der Waals surface area contributed by atoms with Crippen LogP contribution in [0.2, 0.25) is 0 Å². The van der Waals surface area contributed by atoms with Crippen LogP contribution in [0.4, 0.5) is 13.2 Å². The summed E-state index contributed by atoms with van der Waals surface area (Å²) >= 11 is 0. The molecule has 0 aliphatic heterocycles. The molecule has 0 aliphatic carbocycles. The Bertz CT molecular complexity index is 692. The zero-order valence-electron chi connectivity index (χ0n) is 11.1. The van der Waals surface area contributed by atoms with E-state index < -0.39 is 19.3 Å². The van der Waals surface area contributed by atoms with Gasteiger partial charge in [-0.25, -0.2) is 4.79 Å². The fraction of sp³-hybridized carbons (Fsp3) is 0.250. The van der Waals surface area contributed by atoms with Crippen molar-refractivity contribution in [3.8, 4) is 0 Å². The van der Waals surface area contributed by atoms with Crippen molar-refractivity contribution in [1.29, 1.82) is 0 Å². The van der Waals surface area contributed by atoms with Crippen LogP contribution in [0.15, 0.2) is 30.6 Å². The summed E-state index contributed by atoms with van der Waals surface area (Å²) < 4.78 is 43.7. The highest BCUT2D eigenvalue weighted by Gasteiger charge is 2.38. The van der Waals surface area contributed by atoms with E-state index in [1.807, 2.05) is 18.2 Å². The van der Waals surface area contributed by atoms with E-state index in [4.69, 9.17) is 9.90 Å². The Morgan fingerprint density at radius 1 is 1.19 bits per heavy atom. The molecule has 1 aromatic carbocycles. The van der Waals surface area contributed by atoms with Crippen molar-refractivity contribution in [1.82, 2.24) is 9.97 Å². The first-order chi connectivity index (χ1) is 9.53. The van der Waals surface area contributed by atoms with Gasteiger partial charge in [-0.2, -0.15) is 13.2 Å². The Hall–Kier alpha value is -1.95. The summed E-state index contributed by atoms with van der Waals surface area (Å²) in [6.45, 7) is 3.49. The lowest BCUT2D eigenvalue weighted by atomic mass is 10.3. The molecule has 114 valence electrons. The number of aromatic nitrogens is 2. The number of benzene rings is 1. The van der Waals surface area contributed by atoms with Gasteiger partial charge < -0.3 is 9.67 Å². The molecule has 1 aromatic heterocycles. The summed E-state index contributed by atoms with van der Waals surface area (Å²) in [5.41, 5.74) is 1.55. The molecule has 1 N–H and O–H groups in total. The lowest BCUT2D eigenvalue weighted by Crippen LogP contribution is -2.21. The molecule has 0 amide bonds. The smallest absolute Gasteiger partial charge is 0.475 e. The zero-order chi connectivity index (χ0) is 16.3. The minimum absolute atomic E-state index is 0.753. The first kappa shape index (κ1) is 17.1. The van der Waals surface area contributed by atoms with E-state index >= 15 is 0 Å². The number of para-hydroxylation sites is 1. The van der Waals surface area contributed by atoms with Crippen molar-refractivity contribution in [3.05, 3.63) is 30.6 Å². The molecule has 0 saturated carbocycles. The average molecular weight is 320 g/mol. The van der Waals surface area contributed by atoms with Gasteiger partial charge in [-0.05, 0) is 25.5 Å². The van der Waals surface area contributed by atoms with Crippen molar-refractivity contribution in [3.63, 3.8) is 0 Å². The van der Waals surface area contributed by atoms with Gasteiger partial charge >= 0.3 is 12.1 Å². The topological polar surface area (TPSA) is 80.2 Å². The molecule has 2 aromatic rings. The Kier molecular flexibility index (Phi) is 5.06. The standard InChI is InChI=1S/C10H11N2OP.C2HF3O2/c1-14(2,13)9-5-3-4-8-10(9)12-7-6-11-8;3-2(4,5)1(6)7/h3-7H,1-2H3;(H,6,7). The van der Waals surface area contributed by atoms with Crippen molar-refractivity contribution in [2.75, 3.05) is 13.3 Å². The molecule has 0 radical (unpaired) electrons. The number of hydrogen-bond donors (Lipinski definition) is 1. The Morgan fingerprint density at radius 3 is 2.19 bits per heavy atom. The van der Waals surface area contributed by atoms with Crippen molar-refractivity contribution >= 4 is 29.4 Å². The second-order valence-electron chi connectivity index (χ2n) is 4.35. The van der Waals surface area contributed by atoms with Gasteiger partial charge in [0.05, 0.1) is 11.0 Å². The molecule has 9 heteroatoms. The van der Waals surface area contributed by atoms with Crippen LogP contribution in [-0.4, -0.2) is 40.5 Å². The van der Waals surface area contributed by atoms with E-state index in [1.165, 1.54) is 0 Å². The van der Waals surface area contributed by atoms with Crippen molar-refractivity contribution < 1.29 is 27.6 Å². The van der Waals surface area contributed by atoms with Crippen LogP contribution >= 0.6 is 7.14 Å². The Labute approximate surface area is 118 Å². The number of rotatable bonds is 1. The third-order valence-electron chi connectivity index (χ3n) is 2.30. The van der Waals surface area contributed by atoms with Crippen LogP contribution in [0, 0.1) is 0 Å². The first-order valence-electron chi connectivity index (χ1n) is 5.59. The number of halogens is 3. The molecule has 0 fully saturated rings. The van der Waals surface area contributed by atoms with Gasteiger partial charge in [0.2, 0.25) is 0 Å². The van der Waals surface area contributed by atoms with Crippen LogP contribution in [-0.2, 0) is 9.36 Å². The highest BCUT2D eigenvalue weighted by molar-refractivity contribution is 7.70. The maximum atomic E-state index is 12.0. The molecule has 0 saturated heterocycles. The van der Waals surface area contributed by atoms with Gasteiger partial charge in [0.1, 0.15) is 7.14 Å². The molecule has 0 atom stereocenters. The molecular weight excluding hydrogens is 308 g/mol. The van der Waals surface area contributed by atoms with Gasteiger partial charge in [0, 0.05) is 17.7 Å². The third kappa shape index (κ3) is 4.82. The molecular formula is C12H12F3N2O3P. The maximum Gasteiger partial charge on any atom is 0.490 e. The third-order valence-corrected chi connectivity index (χ3v) is 3.82. The summed E-state index contributed by atoms with van der Waals surface area (Å²) in [6, 6.07) is 5.60. The largest absolute Gasteiger partial charge is 0.490 e. The minimum Gasteiger partial charge on any atom is -0.475 e. The number of nitrogens with zero attached hydrogens (tertiary/aromatic N) is 2. The van der Waals surface area contributed by atoms with E-state index in [2.05, 4.69) is 9.97 Å². The number of alkyl halides is 3. The number of aliphatic carboxylic acids is 1. The quantitative estimate of drug-likeness (QED) is 0.817. The molecule has 1 heterocycles. The van der Waals surface area contributed by atoms with Gasteiger partial charge in [0.15, 0.2) is 0 Å². The molecule has 5 nitrogen and oxygen atoms in total. The maximum absolute atomic E-state index is 12.0. The van der Waals surface area contributed by atoms with E-state index in [1.54, 1.807) is 25.7 Å². The summed E-state index contributed by atoms with van der Waals surface area (Å²) in [5.74, 6) is -2.76. The monoisotopic (exact) mass is 320 g/mol. The predicted octanol–water partition coefficient (Wildman–Crippen LogP) is 2.51. The lowest BCUT2D eigenvalue weighted by Gasteiger charge is -2.08. The van der Waals surface area contributed by atoms with E-state index in [0.29, 0.717) is 0 Å². The first-order valence-corrected chi connectivity index (χ1v) is 8.19. The van der Waals surface area contributed by atoms with Crippen LogP contribution < -0.4 is 5.30 Å². The van der Waals surface area contributed by atoms with Gasteiger partial charge in [-0.3, -0.25) is 9.97 Å². The van der Waals surface area contributed by atoms with Gasteiger partial charge in [0.25, 0.3) is 0 Å². The highest BCUT2D eigenvalue weighted by atomic mass is 31.2. The van der Waals surface area contributed by atoms with Gasteiger partial charge in [-0.15, -0.1) is 0 Å². The van der Waals surface area contributed by atoms with Crippen molar-refractivity contribution in [2.24, 2.45) is 0 Å². The summed E-state index contributed by atoms with van der Waals surface area (Å²) in [5, 5.41) is 7.93. The van der Waals surface area contributed by atoms with Crippen LogP contribution in [0.1, 0.15) is 0 Å². The second-order valence-corrected chi connectivity index (χ2v) is 7.54. The normalized spacial score (nSPS) is 11.7. The van der Waals surface area contributed by atoms with E-state index in [0.717, 1.165) is 16.3 Å². The van der Waals surface area contributed by atoms with E-state index in [-0.39, 0.29) is 0 Å². The zero-order valence-corrected chi connectivity index (χ0v) is 12.0. The molecule has 0 spiro atoms. The highest BCUT2D eigenvalue weighted by Crippen LogP contribution is 2.36. The summed E-state index contributed by atoms with van der Waals surface area (Å²) in [7, 11) is -2.27. The van der Waals surface area contributed by atoms with Crippen molar-refractivity contribution in [2.45, 2.75) is 6.18 Å². The molecule has 0 aliphatic rings. The summed E-state index contributed by atoms with van der Waals surface area (Å²) in [4.78, 5) is 17.3. The predicted molar refractivity (Wildman–Crippen MR) is 72.3 cm³/mol. The van der Waals surface area contributed by atoms with Crippen LogP contribution in [0.25, 0.3) is 11.0 Å². The number of carboxylic acids is 1. The van der Waals surface area contributed by atoms with E-state index in [9.17, 15) is 17.7 Å². The Balaban J connectivity index is 0.000000270. The number of carboxylic acid groups (broad SMARTS) is 1.